The Morgan fingerprint density at radius 1 is 1.22 bits per heavy atom. The molecule has 0 aliphatic carbocycles. The average molecular weight is 370 g/mol. The van der Waals surface area contributed by atoms with Gasteiger partial charge < -0.3 is 10.3 Å². The molecule has 0 unspecified atom stereocenters. The molecule has 0 fully saturated rings. The number of aromatic amines is 1. The number of nitrogens with zero attached hydrogens (tertiary/aromatic N) is 2. The van der Waals surface area contributed by atoms with Crippen LogP contribution in [0.5, 0.6) is 0 Å². The lowest BCUT2D eigenvalue weighted by Gasteiger charge is -2.05. The third-order valence-corrected chi connectivity index (χ3v) is 4.00. The summed E-state index contributed by atoms with van der Waals surface area (Å²) in [7, 11) is 0. The third-order valence-electron chi connectivity index (χ3n) is 3.20. The lowest BCUT2D eigenvalue weighted by atomic mass is 10.1. The van der Waals surface area contributed by atoms with Gasteiger partial charge in [-0.05, 0) is 17.7 Å². The second kappa shape index (κ2) is 6.74. The standard InChI is InChI=1S/C15H11Cl3N4O/c16-9-2-1-8(10(17)4-9)3-15(23)20-7-14-21-11-5-13(18)19-6-12(11)22-14/h1-2,4-6H,3,7H2,(H,20,23)(H,21,22). The van der Waals surface area contributed by atoms with Gasteiger partial charge in [-0.15, -0.1) is 0 Å². The molecule has 5 nitrogen and oxygen atoms in total. The Labute approximate surface area is 147 Å². The fourth-order valence-electron chi connectivity index (χ4n) is 2.10. The predicted octanol–water partition coefficient (Wildman–Crippen LogP) is 3.78. The SMILES string of the molecule is O=C(Cc1ccc(Cl)cc1Cl)NCc1nc2cc(Cl)ncc2[nH]1. The number of aromatic nitrogens is 3. The van der Waals surface area contributed by atoms with E-state index >= 15 is 0 Å². The van der Waals surface area contributed by atoms with Gasteiger partial charge >= 0.3 is 0 Å². The van der Waals surface area contributed by atoms with Crippen molar-refractivity contribution in [3.8, 4) is 0 Å². The Balaban J connectivity index is 1.63. The fraction of sp³-hybridized carbons (Fsp3) is 0.133. The molecular formula is C15H11Cl3N4O. The molecular weight excluding hydrogens is 359 g/mol. The Morgan fingerprint density at radius 3 is 2.83 bits per heavy atom. The Kier molecular flexibility index (Phi) is 4.71. The van der Waals surface area contributed by atoms with Crippen molar-refractivity contribution >= 4 is 51.7 Å². The van der Waals surface area contributed by atoms with E-state index in [-0.39, 0.29) is 18.9 Å². The van der Waals surface area contributed by atoms with E-state index in [2.05, 4.69) is 20.3 Å². The molecule has 2 heterocycles. The molecule has 0 saturated carbocycles. The summed E-state index contributed by atoms with van der Waals surface area (Å²) >= 11 is 17.7. The average Bonchev–Trinajstić information content (AvgIpc) is 2.90. The molecule has 0 bridgehead atoms. The Morgan fingerprint density at radius 2 is 2.04 bits per heavy atom. The van der Waals surface area contributed by atoms with Crippen molar-refractivity contribution in [2.24, 2.45) is 0 Å². The van der Waals surface area contributed by atoms with E-state index in [0.717, 1.165) is 5.52 Å². The maximum Gasteiger partial charge on any atom is 0.224 e. The molecule has 0 spiro atoms. The van der Waals surface area contributed by atoms with Gasteiger partial charge in [-0.25, -0.2) is 9.97 Å². The third kappa shape index (κ3) is 3.93. The van der Waals surface area contributed by atoms with Crippen molar-refractivity contribution in [2.45, 2.75) is 13.0 Å². The second-order valence-electron chi connectivity index (χ2n) is 4.90. The number of fused-ring (bicyclic) bond motifs is 1. The summed E-state index contributed by atoms with van der Waals surface area (Å²) in [6.07, 6.45) is 1.77. The van der Waals surface area contributed by atoms with Crippen LogP contribution in [-0.2, 0) is 17.8 Å². The molecule has 8 heteroatoms. The number of nitrogens with one attached hydrogen (secondary N) is 2. The number of imidazole rings is 1. The van der Waals surface area contributed by atoms with Gasteiger partial charge in [0.05, 0.1) is 30.2 Å². The Hall–Kier alpha value is -1.82. The first-order valence-electron chi connectivity index (χ1n) is 6.72. The van der Waals surface area contributed by atoms with Crippen molar-refractivity contribution in [3.05, 3.63) is 57.0 Å². The van der Waals surface area contributed by atoms with Gasteiger partial charge in [0, 0.05) is 16.1 Å². The van der Waals surface area contributed by atoms with Crippen LogP contribution in [0.25, 0.3) is 11.0 Å². The van der Waals surface area contributed by atoms with Crippen LogP contribution < -0.4 is 5.32 Å². The number of halogens is 3. The lowest BCUT2D eigenvalue weighted by molar-refractivity contribution is -0.120. The van der Waals surface area contributed by atoms with Crippen molar-refractivity contribution in [3.63, 3.8) is 0 Å². The highest BCUT2D eigenvalue weighted by molar-refractivity contribution is 6.35. The summed E-state index contributed by atoms with van der Waals surface area (Å²) in [5.41, 5.74) is 2.18. The molecule has 2 aromatic heterocycles. The Bertz CT molecular complexity index is 878. The van der Waals surface area contributed by atoms with Crippen molar-refractivity contribution in [1.29, 1.82) is 0 Å². The van der Waals surface area contributed by atoms with Gasteiger partial charge in [-0.2, -0.15) is 0 Å². The molecule has 1 amide bonds. The van der Waals surface area contributed by atoms with E-state index in [1.54, 1.807) is 30.5 Å². The zero-order chi connectivity index (χ0) is 16.4. The summed E-state index contributed by atoms with van der Waals surface area (Å²) in [6.45, 7) is 0.274. The van der Waals surface area contributed by atoms with E-state index in [9.17, 15) is 4.79 Å². The number of hydrogen-bond donors (Lipinski definition) is 2. The van der Waals surface area contributed by atoms with Gasteiger partial charge in [-0.3, -0.25) is 4.79 Å². The van der Waals surface area contributed by atoms with Crippen LogP contribution in [0.15, 0.2) is 30.5 Å². The first kappa shape index (κ1) is 16.1. The number of amides is 1. The molecule has 0 aliphatic rings. The largest absolute Gasteiger partial charge is 0.349 e. The highest BCUT2D eigenvalue weighted by atomic mass is 35.5. The molecule has 2 N–H and O–H groups in total. The minimum absolute atomic E-state index is 0.161. The van der Waals surface area contributed by atoms with Crippen LogP contribution in [0.2, 0.25) is 15.2 Å². The van der Waals surface area contributed by atoms with E-state index in [1.165, 1.54) is 0 Å². The molecule has 0 atom stereocenters. The number of H-pyrrole nitrogens is 1. The minimum atomic E-state index is -0.161. The number of rotatable bonds is 4. The van der Waals surface area contributed by atoms with Gasteiger partial charge in [0.2, 0.25) is 5.91 Å². The normalized spacial score (nSPS) is 10.9. The number of benzene rings is 1. The summed E-state index contributed by atoms with van der Waals surface area (Å²) < 4.78 is 0. The molecule has 3 aromatic rings. The second-order valence-corrected chi connectivity index (χ2v) is 6.13. The maximum absolute atomic E-state index is 12.0. The van der Waals surface area contributed by atoms with E-state index in [0.29, 0.717) is 32.1 Å². The number of carbonyl (C=O) groups excluding carboxylic acids is 1. The van der Waals surface area contributed by atoms with Crippen LogP contribution in [0.1, 0.15) is 11.4 Å². The first-order chi connectivity index (χ1) is 11.0. The highest BCUT2D eigenvalue weighted by Gasteiger charge is 2.09. The monoisotopic (exact) mass is 368 g/mol. The highest BCUT2D eigenvalue weighted by Crippen LogP contribution is 2.21. The number of hydrogen-bond acceptors (Lipinski definition) is 3. The van der Waals surface area contributed by atoms with Crippen molar-refractivity contribution < 1.29 is 4.79 Å². The lowest BCUT2D eigenvalue weighted by Crippen LogP contribution is -2.25. The summed E-state index contributed by atoms with van der Waals surface area (Å²) in [5, 5.41) is 4.16. The first-order valence-corrected chi connectivity index (χ1v) is 7.85. The topological polar surface area (TPSA) is 70.7 Å². The van der Waals surface area contributed by atoms with Crippen LogP contribution in [-0.4, -0.2) is 20.9 Å². The van der Waals surface area contributed by atoms with E-state index < -0.39 is 0 Å². The number of pyridine rings is 1. The quantitative estimate of drug-likeness (QED) is 0.688. The molecule has 0 aliphatic heterocycles. The van der Waals surface area contributed by atoms with Crippen LogP contribution >= 0.6 is 34.8 Å². The van der Waals surface area contributed by atoms with Crippen LogP contribution in [0, 0.1) is 0 Å². The van der Waals surface area contributed by atoms with E-state index in [4.69, 9.17) is 34.8 Å². The van der Waals surface area contributed by atoms with E-state index in [1.807, 2.05) is 0 Å². The summed E-state index contributed by atoms with van der Waals surface area (Å²) in [5.74, 6) is 0.463. The minimum Gasteiger partial charge on any atom is -0.349 e. The molecule has 1 aromatic carbocycles. The fourth-order valence-corrected chi connectivity index (χ4v) is 2.73. The van der Waals surface area contributed by atoms with Crippen molar-refractivity contribution in [1.82, 2.24) is 20.3 Å². The van der Waals surface area contributed by atoms with Gasteiger partial charge in [0.15, 0.2) is 0 Å². The molecule has 0 saturated heterocycles. The molecule has 23 heavy (non-hydrogen) atoms. The summed E-state index contributed by atoms with van der Waals surface area (Å²) in [6, 6.07) is 6.71. The van der Waals surface area contributed by atoms with Crippen molar-refractivity contribution in [2.75, 3.05) is 0 Å². The van der Waals surface area contributed by atoms with Gasteiger partial charge in [0.1, 0.15) is 11.0 Å². The molecule has 0 radical (unpaired) electrons. The predicted molar refractivity (Wildman–Crippen MR) is 90.9 cm³/mol. The smallest absolute Gasteiger partial charge is 0.224 e. The maximum atomic E-state index is 12.0. The van der Waals surface area contributed by atoms with Gasteiger partial charge in [-0.1, -0.05) is 40.9 Å². The van der Waals surface area contributed by atoms with Crippen LogP contribution in [0.4, 0.5) is 0 Å². The molecule has 3 rings (SSSR count). The van der Waals surface area contributed by atoms with Crippen LogP contribution in [0.3, 0.4) is 0 Å². The zero-order valence-electron chi connectivity index (χ0n) is 11.7. The summed E-state index contributed by atoms with van der Waals surface area (Å²) in [4.78, 5) is 23.4. The molecule has 118 valence electrons. The van der Waals surface area contributed by atoms with Gasteiger partial charge in [0.25, 0.3) is 0 Å². The zero-order valence-corrected chi connectivity index (χ0v) is 14.0. The number of carbonyl (C=O) groups is 1.